The number of hydrogen-bond donors (Lipinski definition) is 0. The van der Waals surface area contributed by atoms with E-state index in [1.165, 1.54) is 18.4 Å². The third kappa shape index (κ3) is 4.03. The van der Waals surface area contributed by atoms with Gasteiger partial charge >= 0.3 is 0 Å². The molecule has 0 bridgehead atoms. The summed E-state index contributed by atoms with van der Waals surface area (Å²) in [5.74, 6) is 1.39. The Labute approximate surface area is 127 Å². The van der Waals surface area contributed by atoms with Crippen LogP contribution >= 0.6 is 0 Å². The number of aromatic nitrogens is 1. The van der Waals surface area contributed by atoms with E-state index in [-0.39, 0.29) is 0 Å². The predicted molar refractivity (Wildman–Crippen MR) is 82.6 cm³/mol. The number of pyridine rings is 1. The topological polar surface area (TPSA) is 36.4 Å². The summed E-state index contributed by atoms with van der Waals surface area (Å²) in [6, 6.07) is 4.18. The summed E-state index contributed by atoms with van der Waals surface area (Å²) in [6.07, 6.45) is 8.34. The molecule has 0 spiro atoms. The number of carbonyl (C=O) groups excluding carboxylic acids is 1. The lowest BCUT2D eigenvalue weighted by Crippen LogP contribution is -2.39. The van der Waals surface area contributed by atoms with Gasteiger partial charge in [-0.15, -0.1) is 0 Å². The molecular weight excluding hydrogens is 262 g/mol. The summed E-state index contributed by atoms with van der Waals surface area (Å²) in [5.41, 5.74) is 1.34. The SMILES string of the molecule is CN(CC1CCN(Cc2ccncc2)CC1)C(=O)C1CC1. The monoisotopic (exact) mass is 287 g/mol. The highest BCUT2D eigenvalue weighted by Crippen LogP contribution is 2.31. The van der Waals surface area contributed by atoms with Gasteiger partial charge in [-0.05, 0) is 62.4 Å². The highest BCUT2D eigenvalue weighted by atomic mass is 16.2. The lowest BCUT2D eigenvalue weighted by molar-refractivity contribution is -0.132. The van der Waals surface area contributed by atoms with Crippen molar-refractivity contribution in [3.63, 3.8) is 0 Å². The molecule has 1 saturated carbocycles. The fraction of sp³-hybridized carbons (Fsp3) is 0.647. The largest absolute Gasteiger partial charge is 0.345 e. The number of rotatable bonds is 5. The van der Waals surface area contributed by atoms with Gasteiger partial charge in [0.15, 0.2) is 0 Å². The molecule has 3 rings (SSSR count). The minimum atomic E-state index is 0.349. The van der Waals surface area contributed by atoms with Crippen molar-refractivity contribution in [2.75, 3.05) is 26.7 Å². The van der Waals surface area contributed by atoms with Crippen LogP contribution in [0.3, 0.4) is 0 Å². The van der Waals surface area contributed by atoms with Crippen LogP contribution in [0.5, 0.6) is 0 Å². The van der Waals surface area contributed by atoms with E-state index in [1.54, 1.807) is 0 Å². The Morgan fingerprint density at radius 1 is 1.24 bits per heavy atom. The second-order valence-corrected chi connectivity index (χ2v) is 6.57. The van der Waals surface area contributed by atoms with Gasteiger partial charge in [0.05, 0.1) is 0 Å². The van der Waals surface area contributed by atoms with Crippen molar-refractivity contribution in [2.45, 2.75) is 32.2 Å². The van der Waals surface area contributed by atoms with Crippen LogP contribution in [0.2, 0.25) is 0 Å². The molecule has 114 valence electrons. The average molecular weight is 287 g/mol. The molecule has 0 unspecified atom stereocenters. The Bertz CT molecular complexity index is 464. The maximum atomic E-state index is 12.0. The number of amides is 1. The third-order valence-corrected chi connectivity index (χ3v) is 4.70. The molecule has 0 N–H and O–H groups in total. The second-order valence-electron chi connectivity index (χ2n) is 6.57. The van der Waals surface area contributed by atoms with E-state index in [4.69, 9.17) is 0 Å². The van der Waals surface area contributed by atoms with Crippen molar-refractivity contribution in [3.8, 4) is 0 Å². The average Bonchev–Trinajstić information content (AvgIpc) is 3.34. The van der Waals surface area contributed by atoms with E-state index in [1.807, 2.05) is 24.3 Å². The minimum Gasteiger partial charge on any atom is -0.345 e. The van der Waals surface area contributed by atoms with E-state index in [9.17, 15) is 4.79 Å². The van der Waals surface area contributed by atoms with Gasteiger partial charge in [-0.2, -0.15) is 0 Å². The molecule has 0 aromatic carbocycles. The van der Waals surface area contributed by atoms with Gasteiger partial charge in [-0.3, -0.25) is 14.7 Å². The highest BCUT2D eigenvalue weighted by molar-refractivity contribution is 5.80. The summed E-state index contributed by atoms with van der Waals surface area (Å²) >= 11 is 0. The van der Waals surface area contributed by atoms with Crippen LogP contribution in [0.25, 0.3) is 0 Å². The Morgan fingerprint density at radius 3 is 2.52 bits per heavy atom. The summed E-state index contributed by atoms with van der Waals surface area (Å²) < 4.78 is 0. The van der Waals surface area contributed by atoms with Crippen LogP contribution in [0.15, 0.2) is 24.5 Å². The number of likely N-dealkylation sites (tertiary alicyclic amines) is 1. The standard InChI is InChI=1S/C17H25N3O/c1-19(17(21)16-2-3-16)12-15-6-10-20(11-7-15)13-14-4-8-18-9-5-14/h4-5,8-9,15-16H,2-3,6-7,10-13H2,1H3. The van der Waals surface area contributed by atoms with Crippen LogP contribution in [0.1, 0.15) is 31.2 Å². The maximum Gasteiger partial charge on any atom is 0.225 e. The van der Waals surface area contributed by atoms with E-state index in [0.29, 0.717) is 17.7 Å². The Hall–Kier alpha value is -1.42. The second kappa shape index (κ2) is 6.56. The lowest BCUT2D eigenvalue weighted by atomic mass is 9.96. The molecule has 0 atom stereocenters. The van der Waals surface area contributed by atoms with Gasteiger partial charge in [-0.25, -0.2) is 0 Å². The lowest BCUT2D eigenvalue weighted by Gasteiger charge is -2.34. The molecule has 1 amide bonds. The zero-order chi connectivity index (χ0) is 14.7. The molecule has 21 heavy (non-hydrogen) atoms. The van der Waals surface area contributed by atoms with Crippen molar-refractivity contribution in [1.29, 1.82) is 0 Å². The first-order valence-electron chi connectivity index (χ1n) is 8.08. The zero-order valence-corrected chi connectivity index (χ0v) is 12.9. The fourth-order valence-corrected chi connectivity index (χ4v) is 3.19. The van der Waals surface area contributed by atoms with Crippen molar-refractivity contribution in [2.24, 2.45) is 11.8 Å². The first kappa shape index (κ1) is 14.5. The van der Waals surface area contributed by atoms with Gasteiger partial charge in [0.1, 0.15) is 0 Å². The van der Waals surface area contributed by atoms with Crippen LogP contribution in [0, 0.1) is 11.8 Å². The van der Waals surface area contributed by atoms with Crippen LogP contribution in [-0.4, -0.2) is 47.4 Å². The van der Waals surface area contributed by atoms with Crippen molar-refractivity contribution in [3.05, 3.63) is 30.1 Å². The predicted octanol–water partition coefficient (Wildman–Crippen LogP) is 2.16. The van der Waals surface area contributed by atoms with Crippen molar-refractivity contribution < 1.29 is 4.79 Å². The van der Waals surface area contributed by atoms with Crippen LogP contribution in [-0.2, 0) is 11.3 Å². The van der Waals surface area contributed by atoms with Crippen LogP contribution < -0.4 is 0 Å². The molecule has 2 heterocycles. The third-order valence-electron chi connectivity index (χ3n) is 4.70. The Kier molecular flexibility index (Phi) is 4.54. The smallest absolute Gasteiger partial charge is 0.225 e. The van der Waals surface area contributed by atoms with E-state index >= 15 is 0 Å². The summed E-state index contributed by atoms with van der Waals surface area (Å²) in [6.45, 7) is 4.24. The number of nitrogens with zero attached hydrogens (tertiary/aromatic N) is 3. The first-order chi connectivity index (χ1) is 10.2. The molecule has 4 heteroatoms. The molecule has 1 saturated heterocycles. The summed E-state index contributed by atoms with van der Waals surface area (Å²) in [5, 5.41) is 0. The molecule has 1 aromatic rings. The van der Waals surface area contributed by atoms with Crippen molar-refractivity contribution in [1.82, 2.24) is 14.8 Å². The van der Waals surface area contributed by atoms with Crippen molar-refractivity contribution >= 4 is 5.91 Å². The molecule has 2 fully saturated rings. The van der Waals surface area contributed by atoms with E-state index < -0.39 is 0 Å². The van der Waals surface area contributed by atoms with Gasteiger partial charge in [0, 0.05) is 38.4 Å². The summed E-state index contributed by atoms with van der Waals surface area (Å²) in [7, 11) is 1.98. The molecule has 1 aliphatic heterocycles. The van der Waals surface area contributed by atoms with Gasteiger partial charge in [-0.1, -0.05) is 0 Å². The maximum absolute atomic E-state index is 12.0. The van der Waals surface area contributed by atoms with Crippen LogP contribution in [0.4, 0.5) is 0 Å². The molecule has 1 aliphatic carbocycles. The molecule has 0 radical (unpaired) electrons. The zero-order valence-electron chi connectivity index (χ0n) is 12.9. The Morgan fingerprint density at radius 2 is 1.90 bits per heavy atom. The molecule has 1 aromatic heterocycles. The molecule has 2 aliphatic rings. The van der Waals surface area contributed by atoms with Gasteiger partial charge in [0.2, 0.25) is 5.91 Å². The van der Waals surface area contributed by atoms with Gasteiger partial charge in [0.25, 0.3) is 0 Å². The number of carbonyl (C=O) groups is 1. The normalized spacial score (nSPS) is 20.4. The number of hydrogen-bond acceptors (Lipinski definition) is 3. The number of piperidine rings is 1. The van der Waals surface area contributed by atoms with E-state index in [0.717, 1.165) is 39.0 Å². The Balaban J connectivity index is 1.41. The fourth-order valence-electron chi connectivity index (χ4n) is 3.19. The first-order valence-corrected chi connectivity index (χ1v) is 8.08. The van der Waals surface area contributed by atoms with E-state index in [2.05, 4.69) is 22.0 Å². The molecule has 4 nitrogen and oxygen atoms in total. The minimum absolute atomic E-state index is 0.349. The quantitative estimate of drug-likeness (QED) is 0.832. The highest BCUT2D eigenvalue weighted by Gasteiger charge is 2.33. The van der Waals surface area contributed by atoms with Gasteiger partial charge < -0.3 is 4.90 Å². The molecular formula is C17H25N3O. The summed E-state index contributed by atoms with van der Waals surface area (Å²) in [4.78, 5) is 20.5.